The monoisotopic (exact) mass is 295 g/mol. The van der Waals surface area contributed by atoms with Gasteiger partial charge < -0.3 is 10.4 Å². The molecule has 110 valence electrons. The van der Waals surface area contributed by atoms with Crippen LogP contribution in [0.4, 0.5) is 5.69 Å². The molecular weight excluding hydrogens is 274 g/mol. The summed E-state index contributed by atoms with van der Waals surface area (Å²) in [6.07, 6.45) is 0.766. The third-order valence-corrected chi connectivity index (χ3v) is 4.35. The van der Waals surface area contributed by atoms with Crippen molar-refractivity contribution in [1.82, 2.24) is 0 Å². The molecule has 0 saturated heterocycles. The number of carboxylic acid groups (broad SMARTS) is 1. The van der Waals surface area contributed by atoms with Crippen LogP contribution in [-0.4, -0.2) is 21.7 Å². The van der Waals surface area contributed by atoms with Crippen LogP contribution < -0.4 is 5.32 Å². The molecule has 2 N–H and O–H groups in total. The maximum atomic E-state index is 12.0. The van der Waals surface area contributed by atoms with Crippen LogP contribution in [0.2, 0.25) is 0 Å². The van der Waals surface area contributed by atoms with Crippen molar-refractivity contribution in [1.29, 1.82) is 0 Å². The van der Waals surface area contributed by atoms with Gasteiger partial charge in [-0.1, -0.05) is 26.0 Å². The van der Waals surface area contributed by atoms with Gasteiger partial charge in [0.05, 0.1) is 5.69 Å². The number of benzene rings is 1. The lowest BCUT2D eigenvalue weighted by Gasteiger charge is -2.21. The highest BCUT2D eigenvalue weighted by Gasteiger charge is 2.29. The maximum absolute atomic E-state index is 12.0. The number of anilines is 1. The summed E-state index contributed by atoms with van der Waals surface area (Å²) >= 11 is 1.23. The van der Waals surface area contributed by atoms with Crippen LogP contribution in [0.25, 0.3) is 0 Å². The van der Waals surface area contributed by atoms with Gasteiger partial charge in [-0.05, 0) is 32.4 Å². The number of aliphatic carboxylic acids is 1. The zero-order chi connectivity index (χ0) is 15.3. The topological polar surface area (TPSA) is 66.4 Å². The summed E-state index contributed by atoms with van der Waals surface area (Å²) in [4.78, 5) is 23.9. The molecule has 0 heterocycles. The van der Waals surface area contributed by atoms with Crippen molar-refractivity contribution >= 4 is 29.3 Å². The molecule has 1 aromatic carbocycles. The first kappa shape index (κ1) is 16.6. The zero-order valence-corrected chi connectivity index (χ0v) is 13.1. The van der Waals surface area contributed by atoms with Crippen molar-refractivity contribution in [2.75, 3.05) is 5.32 Å². The second-order valence-electron chi connectivity index (χ2n) is 5.21. The molecule has 5 heteroatoms. The molecule has 0 spiro atoms. The van der Waals surface area contributed by atoms with Gasteiger partial charge in [0.15, 0.2) is 0 Å². The molecule has 0 fully saturated rings. The van der Waals surface area contributed by atoms with Crippen molar-refractivity contribution < 1.29 is 14.7 Å². The number of carbonyl (C=O) groups is 2. The quantitative estimate of drug-likeness (QED) is 0.787. The molecule has 4 nitrogen and oxygen atoms in total. The fraction of sp³-hybridized carbons (Fsp3) is 0.467. The number of carboxylic acids is 1. The highest BCUT2D eigenvalue weighted by Crippen LogP contribution is 2.37. The lowest BCUT2D eigenvalue weighted by atomic mass is 10.1. The van der Waals surface area contributed by atoms with Gasteiger partial charge in [-0.3, -0.25) is 9.59 Å². The van der Waals surface area contributed by atoms with E-state index in [9.17, 15) is 14.7 Å². The highest BCUT2D eigenvalue weighted by molar-refractivity contribution is 8.01. The van der Waals surface area contributed by atoms with Crippen molar-refractivity contribution in [3.8, 4) is 0 Å². The van der Waals surface area contributed by atoms with Crippen LogP contribution in [-0.2, 0) is 9.59 Å². The summed E-state index contributed by atoms with van der Waals surface area (Å²) in [5.74, 6) is -1.00. The van der Waals surface area contributed by atoms with E-state index in [1.165, 1.54) is 11.8 Å². The van der Waals surface area contributed by atoms with Gasteiger partial charge in [-0.2, -0.15) is 0 Å². The molecule has 0 bridgehead atoms. The summed E-state index contributed by atoms with van der Waals surface area (Å²) < 4.78 is -0.947. The van der Waals surface area contributed by atoms with E-state index >= 15 is 0 Å². The Balaban J connectivity index is 2.94. The molecule has 1 aromatic rings. The molecule has 20 heavy (non-hydrogen) atoms. The Morgan fingerprint density at radius 2 is 1.95 bits per heavy atom. The first-order valence-corrected chi connectivity index (χ1v) is 7.42. The first-order chi connectivity index (χ1) is 9.27. The number of thioether (sulfide) groups is 1. The van der Waals surface area contributed by atoms with Gasteiger partial charge in [0.2, 0.25) is 5.91 Å². The third kappa shape index (κ3) is 4.27. The van der Waals surface area contributed by atoms with Crippen LogP contribution >= 0.6 is 11.8 Å². The Hall–Kier alpha value is -1.49. The van der Waals surface area contributed by atoms with Crippen LogP contribution in [0, 0.1) is 5.92 Å². The van der Waals surface area contributed by atoms with E-state index in [4.69, 9.17) is 0 Å². The van der Waals surface area contributed by atoms with Crippen molar-refractivity contribution in [3.63, 3.8) is 0 Å². The van der Waals surface area contributed by atoms with Gasteiger partial charge in [0.1, 0.15) is 4.75 Å². The summed E-state index contributed by atoms with van der Waals surface area (Å²) in [5.41, 5.74) is 0.664. The fourth-order valence-corrected chi connectivity index (χ4v) is 2.43. The molecule has 0 aliphatic rings. The average molecular weight is 295 g/mol. The van der Waals surface area contributed by atoms with Crippen molar-refractivity contribution in [2.45, 2.75) is 43.8 Å². The van der Waals surface area contributed by atoms with Crippen LogP contribution in [0.3, 0.4) is 0 Å². The van der Waals surface area contributed by atoms with E-state index in [1.807, 2.05) is 32.0 Å². The average Bonchev–Trinajstić information content (AvgIpc) is 2.39. The molecule has 1 amide bonds. The van der Waals surface area contributed by atoms with E-state index in [0.29, 0.717) is 5.69 Å². The number of carbonyl (C=O) groups excluding carboxylic acids is 1. The van der Waals surface area contributed by atoms with Crippen molar-refractivity contribution in [2.24, 2.45) is 5.92 Å². The van der Waals surface area contributed by atoms with E-state index in [1.54, 1.807) is 19.9 Å². The van der Waals surface area contributed by atoms with Crippen molar-refractivity contribution in [3.05, 3.63) is 24.3 Å². The Kier molecular flexibility index (Phi) is 5.62. The lowest BCUT2D eigenvalue weighted by molar-refractivity contribution is -0.138. The second-order valence-corrected chi connectivity index (χ2v) is 6.88. The predicted molar refractivity (Wildman–Crippen MR) is 82.1 cm³/mol. The normalized spacial score (nSPS) is 12.8. The van der Waals surface area contributed by atoms with Gasteiger partial charge in [0.25, 0.3) is 0 Å². The number of rotatable bonds is 6. The molecule has 0 aromatic heterocycles. The smallest absolute Gasteiger partial charge is 0.319 e. The minimum atomic E-state index is -0.947. The number of para-hydroxylation sites is 1. The van der Waals surface area contributed by atoms with E-state index in [2.05, 4.69) is 5.32 Å². The summed E-state index contributed by atoms with van der Waals surface area (Å²) in [6, 6.07) is 7.27. The van der Waals surface area contributed by atoms with Gasteiger partial charge in [-0.15, -0.1) is 11.8 Å². The highest BCUT2D eigenvalue weighted by atomic mass is 32.2. The molecule has 0 aliphatic carbocycles. The van der Waals surface area contributed by atoms with E-state index in [0.717, 1.165) is 11.3 Å². The standard InChI is InChI=1S/C15H21NO3S/c1-5-10(2)13(17)16-11-8-6-7-9-12(11)20-15(3,4)14(18)19/h6-10H,5H2,1-4H3,(H,16,17)(H,18,19)/t10-/m0/s1. The van der Waals surface area contributed by atoms with Gasteiger partial charge in [-0.25, -0.2) is 0 Å². The third-order valence-electron chi connectivity index (χ3n) is 3.09. The van der Waals surface area contributed by atoms with Crippen LogP contribution in [0.1, 0.15) is 34.1 Å². The molecule has 1 atom stereocenters. The van der Waals surface area contributed by atoms with Crippen LogP contribution in [0.15, 0.2) is 29.2 Å². The largest absolute Gasteiger partial charge is 0.480 e. The van der Waals surface area contributed by atoms with Gasteiger partial charge in [0, 0.05) is 10.8 Å². The number of hydrogen-bond donors (Lipinski definition) is 2. The fourth-order valence-electron chi connectivity index (χ4n) is 1.42. The zero-order valence-electron chi connectivity index (χ0n) is 12.3. The minimum Gasteiger partial charge on any atom is -0.480 e. The van der Waals surface area contributed by atoms with E-state index in [-0.39, 0.29) is 11.8 Å². The lowest BCUT2D eigenvalue weighted by Crippen LogP contribution is -2.27. The van der Waals surface area contributed by atoms with E-state index < -0.39 is 10.7 Å². The predicted octanol–water partition coefficient (Wildman–Crippen LogP) is 3.63. The summed E-state index contributed by atoms with van der Waals surface area (Å²) in [7, 11) is 0. The van der Waals surface area contributed by atoms with Crippen LogP contribution in [0.5, 0.6) is 0 Å². The Bertz CT molecular complexity index is 500. The summed E-state index contributed by atoms with van der Waals surface area (Å²) in [6.45, 7) is 7.12. The molecule has 0 saturated carbocycles. The molecule has 0 aliphatic heterocycles. The SMILES string of the molecule is CC[C@H](C)C(=O)Nc1ccccc1SC(C)(C)C(=O)O. The Morgan fingerprint density at radius 3 is 2.50 bits per heavy atom. The molecule has 0 unspecified atom stereocenters. The van der Waals surface area contributed by atoms with Gasteiger partial charge >= 0.3 is 5.97 Å². The number of nitrogens with one attached hydrogen (secondary N) is 1. The number of hydrogen-bond acceptors (Lipinski definition) is 3. The minimum absolute atomic E-state index is 0.0475. The molecule has 1 rings (SSSR count). The first-order valence-electron chi connectivity index (χ1n) is 6.60. The Labute approximate surface area is 124 Å². The molecule has 0 radical (unpaired) electrons. The second kappa shape index (κ2) is 6.79. The summed E-state index contributed by atoms with van der Waals surface area (Å²) in [5, 5.41) is 12.1. The number of amides is 1. The maximum Gasteiger partial charge on any atom is 0.319 e. The Morgan fingerprint density at radius 1 is 1.35 bits per heavy atom. The molecular formula is C15H21NO3S.